The maximum absolute atomic E-state index is 13.2. The Morgan fingerprint density at radius 3 is 2.70 bits per heavy atom. The molecule has 2 heterocycles. The topological polar surface area (TPSA) is 72.3 Å². The van der Waals surface area contributed by atoms with E-state index in [1.54, 1.807) is 4.90 Å². The molecule has 1 saturated heterocycles. The number of hydrogen-bond donors (Lipinski definition) is 2. The summed E-state index contributed by atoms with van der Waals surface area (Å²) in [6.07, 6.45) is 3.97. The van der Waals surface area contributed by atoms with Gasteiger partial charge in [-0.15, -0.1) is 0 Å². The second kappa shape index (κ2) is 9.45. The summed E-state index contributed by atoms with van der Waals surface area (Å²) >= 11 is 0. The molecule has 1 unspecified atom stereocenters. The van der Waals surface area contributed by atoms with Gasteiger partial charge in [0.2, 0.25) is 0 Å². The van der Waals surface area contributed by atoms with Crippen molar-refractivity contribution in [3.05, 3.63) is 60.2 Å². The van der Waals surface area contributed by atoms with Crippen LogP contribution in [0.1, 0.15) is 5.56 Å². The lowest BCUT2D eigenvalue weighted by Crippen LogP contribution is -3.16. The minimum absolute atomic E-state index is 0.0149. The Morgan fingerprint density at radius 1 is 1.10 bits per heavy atom. The second-order valence-corrected chi connectivity index (χ2v) is 7.35. The number of nitrogens with one attached hydrogen (secondary N) is 2. The molecule has 2 amide bonds. The quantitative estimate of drug-likeness (QED) is 0.731. The summed E-state index contributed by atoms with van der Waals surface area (Å²) in [7, 11) is 0. The van der Waals surface area contributed by atoms with Crippen molar-refractivity contribution >= 4 is 23.6 Å². The van der Waals surface area contributed by atoms with Crippen molar-refractivity contribution in [2.45, 2.75) is 0 Å². The number of ether oxygens (including phenoxy) is 2. The van der Waals surface area contributed by atoms with E-state index in [0.717, 1.165) is 22.7 Å². The maximum atomic E-state index is 13.2. The van der Waals surface area contributed by atoms with Gasteiger partial charge in [-0.3, -0.25) is 9.59 Å². The van der Waals surface area contributed by atoms with Crippen LogP contribution >= 0.6 is 0 Å². The van der Waals surface area contributed by atoms with E-state index in [2.05, 4.69) is 5.32 Å². The number of carbonyl (C=O) groups excluding carboxylic acids is 2. The zero-order valence-corrected chi connectivity index (χ0v) is 16.8. The molecule has 156 valence electrons. The van der Waals surface area contributed by atoms with Gasteiger partial charge < -0.3 is 24.6 Å². The van der Waals surface area contributed by atoms with E-state index in [-0.39, 0.29) is 18.4 Å². The molecule has 2 N–H and O–H groups in total. The summed E-state index contributed by atoms with van der Waals surface area (Å²) in [6, 6.07) is 15.5. The molecule has 2 aliphatic heterocycles. The molecule has 0 saturated carbocycles. The molecule has 2 aromatic rings. The highest BCUT2D eigenvalue weighted by Crippen LogP contribution is 2.34. The van der Waals surface area contributed by atoms with Crippen LogP contribution in [-0.4, -0.2) is 57.8 Å². The standard InChI is InChI=1S/C23H25N3O4/c27-22-16-25(12-10-24-22)17-23(28)26(11-4-7-18-5-2-1-3-6-18)19-8-9-20-21(15-19)30-14-13-29-20/h1-9,15H,10-14,16-17H2,(H,24,27)/p+1/b7-4+. The molecule has 0 bridgehead atoms. The maximum Gasteiger partial charge on any atom is 0.282 e. The first-order valence-electron chi connectivity index (χ1n) is 10.2. The average molecular weight is 408 g/mol. The van der Waals surface area contributed by atoms with Crippen molar-refractivity contribution in [1.82, 2.24) is 5.32 Å². The van der Waals surface area contributed by atoms with E-state index < -0.39 is 0 Å². The number of rotatable bonds is 6. The Kier molecular flexibility index (Phi) is 6.29. The Balaban J connectivity index is 1.53. The van der Waals surface area contributed by atoms with Crippen molar-refractivity contribution in [2.75, 3.05) is 50.8 Å². The number of nitrogens with zero attached hydrogens (tertiary/aromatic N) is 1. The van der Waals surface area contributed by atoms with Crippen LogP contribution in [0.25, 0.3) is 6.08 Å². The van der Waals surface area contributed by atoms with E-state index >= 15 is 0 Å². The number of anilines is 1. The van der Waals surface area contributed by atoms with Gasteiger partial charge in [0.25, 0.3) is 11.8 Å². The monoisotopic (exact) mass is 408 g/mol. The largest absolute Gasteiger partial charge is 0.486 e. The molecule has 0 radical (unpaired) electrons. The molecular formula is C23H26N3O4+. The summed E-state index contributed by atoms with van der Waals surface area (Å²) in [5, 5.41) is 2.81. The summed E-state index contributed by atoms with van der Waals surface area (Å²) < 4.78 is 11.3. The fourth-order valence-corrected chi connectivity index (χ4v) is 3.63. The molecule has 2 aliphatic rings. The van der Waals surface area contributed by atoms with Crippen molar-refractivity contribution in [3.8, 4) is 11.5 Å². The number of fused-ring (bicyclic) bond motifs is 1. The third kappa shape index (κ3) is 4.99. The molecule has 7 nitrogen and oxygen atoms in total. The van der Waals surface area contributed by atoms with E-state index in [9.17, 15) is 9.59 Å². The van der Waals surface area contributed by atoms with Gasteiger partial charge in [-0.05, 0) is 17.7 Å². The Hall–Kier alpha value is -3.32. The first-order valence-corrected chi connectivity index (χ1v) is 10.2. The Labute approximate surface area is 175 Å². The van der Waals surface area contributed by atoms with Crippen LogP contribution in [0, 0.1) is 0 Å². The van der Waals surface area contributed by atoms with Crippen molar-refractivity contribution in [1.29, 1.82) is 0 Å². The van der Waals surface area contributed by atoms with Gasteiger partial charge in [0.1, 0.15) is 13.2 Å². The van der Waals surface area contributed by atoms with E-state index in [4.69, 9.17) is 9.47 Å². The van der Waals surface area contributed by atoms with Crippen LogP contribution in [-0.2, 0) is 9.59 Å². The zero-order chi connectivity index (χ0) is 20.8. The van der Waals surface area contributed by atoms with Crippen LogP contribution in [0.5, 0.6) is 11.5 Å². The fraction of sp³-hybridized carbons (Fsp3) is 0.304. The van der Waals surface area contributed by atoms with Gasteiger partial charge >= 0.3 is 0 Å². The molecule has 2 aromatic carbocycles. The normalized spacial score (nSPS) is 18.1. The molecule has 0 aliphatic carbocycles. The van der Waals surface area contributed by atoms with Crippen molar-refractivity contribution in [3.63, 3.8) is 0 Å². The second-order valence-electron chi connectivity index (χ2n) is 7.35. The van der Waals surface area contributed by atoms with Crippen LogP contribution in [0.3, 0.4) is 0 Å². The highest BCUT2D eigenvalue weighted by atomic mass is 16.6. The number of benzene rings is 2. The number of hydrogen-bond acceptors (Lipinski definition) is 4. The first kappa shape index (κ1) is 20.0. The minimum Gasteiger partial charge on any atom is -0.486 e. The molecule has 1 fully saturated rings. The van der Waals surface area contributed by atoms with Gasteiger partial charge in [0, 0.05) is 18.3 Å². The van der Waals surface area contributed by atoms with Gasteiger partial charge in [0.05, 0.1) is 13.1 Å². The van der Waals surface area contributed by atoms with Gasteiger partial charge in [0.15, 0.2) is 24.6 Å². The van der Waals surface area contributed by atoms with E-state index in [1.807, 2.05) is 60.7 Å². The van der Waals surface area contributed by atoms with Crippen molar-refractivity contribution < 1.29 is 24.0 Å². The third-order valence-corrected chi connectivity index (χ3v) is 5.15. The zero-order valence-electron chi connectivity index (χ0n) is 16.8. The highest BCUT2D eigenvalue weighted by Gasteiger charge is 2.26. The Morgan fingerprint density at radius 2 is 1.90 bits per heavy atom. The van der Waals surface area contributed by atoms with Gasteiger partial charge in [-0.1, -0.05) is 42.5 Å². The first-order chi connectivity index (χ1) is 14.7. The predicted molar refractivity (Wildman–Crippen MR) is 114 cm³/mol. The Bertz CT molecular complexity index is 929. The lowest BCUT2D eigenvalue weighted by atomic mass is 10.2. The number of piperazine rings is 1. The molecule has 4 rings (SSSR count). The number of carbonyl (C=O) groups is 2. The summed E-state index contributed by atoms with van der Waals surface area (Å²) in [4.78, 5) is 27.6. The molecule has 0 aromatic heterocycles. The van der Waals surface area contributed by atoms with E-state index in [0.29, 0.717) is 44.3 Å². The molecule has 7 heteroatoms. The van der Waals surface area contributed by atoms with Gasteiger partial charge in [-0.2, -0.15) is 0 Å². The summed E-state index contributed by atoms with van der Waals surface area (Å²) in [5.74, 6) is 1.29. The number of amides is 2. The molecule has 0 spiro atoms. The minimum atomic E-state index is -0.0333. The van der Waals surface area contributed by atoms with Crippen molar-refractivity contribution in [2.24, 2.45) is 0 Å². The lowest BCUT2D eigenvalue weighted by Gasteiger charge is -2.28. The highest BCUT2D eigenvalue weighted by molar-refractivity contribution is 5.95. The predicted octanol–water partition coefficient (Wildman–Crippen LogP) is 0.519. The van der Waals surface area contributed by atoms with Crippen LogP contribution in [0.2, 0.25) is 0 Å². The van der Waals surface area contributed by atoms with Crippen LogP contribution in [0.4, 0.5) is 5.69 Å². The fourth-order valence-electron chi connectivity index (χ4n) is 3.63. The van der Waals surface area contributed by atoms with Crippen LogP contribution in [0.15, 0.2) is 54.6 Å². The smallest absolute Gasteiger partial charge is 0.282 e. The van der Waals surface area contributed by atoms with Gasteiger partial charge in [-0.25, -0.2) is 0 Å². The molecule has 1 atom stereocenters. The van der Waals surface area contributed by atoms with Crippen LogP contribution < -0.4 is 24.6 Å². The average Bonchev–Trinajstić information content (AvgIpc) is 2.77. The molecular weight excluding hydrogens is 382 g/mol. The summed E-state index contributed by atoms with van der Waals surface area (Å²) in [6.45, 7) is 3.36. The number of quaternary nitrogens is 1. The summed E-state index contributed by atoms with van der Waals surface area (Å²) in [5.41, 5.74) is 1.83. The van der Waals surface area contributed by atoms with E-state index in [1.165, 1.54) is 0 Å². The third-order valence-electron chi connectivity index (χ3n) is 5.15. The molecule has 30 heavy (non-hydrogen) atoms. The SMILES string of the molecule is O=C1C[NH+](CC(=O)N(C/C=C/c2ccccc2)c2ccc3c(c2)OCCO3)CCN1. The lowest BCUT2D eigenvalue weighted by molar-refractivity contribution is -0.885.